The molecule has 2 aliphatic rings. The van der Waals surface area contributed by atoms with Crippen LogP contribution in [0.25, 0.3) is 21.9 Å². The van der Waals surface area contributed by atoms with Gasteiger partial charge in [-0.25, -0.2) is 0 Å². The number of morpholine rings is 2. The van der Waals surface area contributed by atoms with Crippen LogP contribution in [-0.4, -0.2) is 96.8 Å². The Hall–Kier alpha value is -4.20. The van der Waals surface area contributed by atoms with Gasteiger partial charge < -0.3 is 46.7 Å². The van der Waals surface area contributed by atoms with Gasteiger partial charge in [-0.1, -0.05) is 20.8 Å². The fourth-order valence-electron chi connectivity index (χ4n) is 5.92. The summed E-state index contributed by atoms with van der Waals surface area (Å²) in [6, 6.07) is 7.07. The zero-order valence-electron chi connectivity index (χ0n) is 29.7. The van der Waals surface area contributed by atoms with Gasteiger partial charge in [-0.2, -0.15) is 0 Å². The summed E-state index contributed by atoms with van der Waals surface area (Å²) in [5.74, 6) is 2.40. The highest BCUT2D eigenvalue weighted by atomic mass is 28.4. The molecule has 0 aliphatic carbocycles. The molecule has 0 spiro atoms. The van der Waals surface area contributed by atoms with Crippen molar-refractivity contribution >= 4 is 42.1 Å². The Bertz CT molecular complexity index is 1860. The first-order valence-electron chi connectivity index (χ1n) is 16.6. The lowest BCUT2D eigenvalue weighted by Gasteiger charge is -2.36. The third-order valence-electron chi connectivity index (χ3n) is 9.75. The Balaban J connectivity index is 1.40. The van der Waals surface area contributed by atoms with Gasteiger partial charge in [0, 0.05) is 49.1 Å². The van der Waals surface area contributed by atoms with Crippen LogP contribution in [-0.2, 0) is 16.1 Å². The predicted octanol–water partition coefficient (Wildman–Crippen LogP) is 6.41. The summed E-state index contributed by atoms with van der Waals surface area (Å²) in [6.07, 6.45) is 0. The van der Waals surface area contributed by atoms with Crippen LogP contribution < -0.4 is 18.6 Å². The first-order chi connectivity index (χ1) is 23.3. The zero-order chi connectivity index (χ0) is 35.1. The van der Waals surface area contributed by atoms with Crippen LogP contribution in [0.2, 0.25) is 18.1 Å². The largest absolute Gasteiger partial charge is 0.541 e. The van der Waals surface area contributed by atoms with E-state index in [4.69, 9.17) is 36.9 Å². The molecule has 13 heteroatoms. The molecular formula is C36H46N2O10Si. The maximum Gasteiger partial charge on any atom is 0.258 e. The van der Waals surface area contributed by atoms with Crippen LogP contribution >= 0.6 is 0 Å². The van der Waals surface area contributed by atoms with Crippen molar-refractivity contribution in [1.82, 2.24) is 9.80 Å². The fourth-order valence-corrected chi connectivity index (χ4v) is 6.93. The Labute approximate surface area is 287 Å². The minimum atomic E-state index is -2.27. The normalized spacial score (nSPS) is 15.9. The third-order valence-corrected chi connectivity index (χ3v) is 14.1. The van der Waals surface area contributed by atoms with Crippen molar-refractivity contribution in [3.63, 3.8) is 0 Å². The average Bonchev–Trinajstić information content (AvgIpc) is 3.60. The van der Waals surface area contributed by atoms with Gasteiger partial charge in [0.15, 0.2) is 23.0 Å². The van der Waals surface area contributed by atoms with Gasteiger partial charge in [0.05, 0.1) is 51.8 Å². The molecule has 2 saturated heterocycles. The maximum atomic E-state index is 14.2. The van der Waals surface area contributed by atoms with E-state index >= 15 is 0 Å². The number of carbonyl (C=O) groups is 2. The summed E-state index contributed by atoms with van der Waals surface area (Å²) in [5, 5.41) is 1.15. The zero-order valence-corrected chi connectivity index (χ0v) is 30.7. The number of ether oxygens (including phenoxy) is 5. The van der Waals surface area contributed by atoms with Crippen molar-refractivity contribution in [3.05, 3.63) is 46.9 Å². The molecule has 0 radical (unpaired) electrons. The van der Waals surface area contributed by atoms with E-state index in [-0.39, 0.29) is 23.5 Å². The minimum Gasteiger partial charge on any atom is -0.541 e. The number of hydrogen-bond donors (Lipinski definition) is 0. The molecule has 2 amide bonds. The Kier molecular flexibility index (Phi) is 9.62. The molecule has 2 aromatic heterocycles. The molecule has 2 aromatic carbocycles. The number of furan rings is 2. The molecule has 2 fully saturated rings. The molecule has 49 heavy (non-hydrogen) atoms. The average molecular weight is 695 g/mol. The van der Waals surface area contributed by atoms with Crippen LogP contribution in [0, 0.1) is 6.92 Å². The summed E-state index contributed by atoms with van der Waals surface area (Å²) in [5.41, 5.74) is 1.84. The number of benzene rings is 2. The lowest BCUT2D eigenvalue weighted by Crippen LogP contribution is -2.43. The topological polar surface area (TPSA) is 122 Å². The SMILES string of the molecule is COc1cc2oc(C)c(C(=O)N3CCOCC3)c2cc1OCc1oc2cc(OC)c(O[Si](C)(C)C(C)(C)C)cc2c1C(=O)N1CCOCC1. The van der Waals surface area contributed by atoms with Gasteiger partial charge in [0.1, 0.15) is 29.3 Å². The molecule has 0 bridgehead atoms. The number of fused-ring (bicyclic) bond motifs is 2. The molecule has 4 heterocycles. The third kappa shape index (κ3) is 6.71. The molecule has 2 aliphatic heterocycles. The van der Waals surface area contributed by atoms with Crippen molar-refractivity contribution in [2.75, 3.05) is 66.8 Å². The van der Waals surface area contributed by atoms with Crippen molar-refractivity contribution in [2.24, 2.45) is 0 Å². The van der Waals surface area contributed by atoms with Crippen LogP contribution in [0.1, 0.15) is 53.0 Å². The van der Waals surface area contributed by atoms with Crippen LogP contribution in [0.3, 0.4) is 0 Å². The molecule has 6 rings (SSSR count). The van der Waals surface area contributed by atoms with E-state index in [9.17, 15) is 9.59 Å². The molecule has 0 N–H and O–H groups in total. The number of methoxy groups -OCH3 is 2. The molecule has 12 nitrogen and oxygen atoms in total. The summed E-state index contributed by atoms with van der Waals surface area (Å²) in [7, 11) is 0.856. The summed E-state index contributed by atoms with van der Waals surface area (Å²) in [4.78, 5) is 31.3. The van der Waals surface area contributed by atoms with E-state index < -0.39 is 8.32 Å². The van der Waals surface area contributed by atoms with E-state index in [0.29, 0.717) is 120 Å². The van der Waals surface area contributed by atoms with E-state index in [0.717, 1.165) is 0 Å². The molecule has 4 aromatic rings. The molecule has 0 atom stereocenters. The molecule has 0 saturated carbocycles. The van der Waals surface area contributed by atoms with E-state index in [1.807, 2.05) is 6.07 Å². The van der Waals surface area contributed by atoms with E-state index in [2.05, 4.69) is 33.9 Å². The Morgan fingerprint density at radius 1 is 0.735 bits per heavy atom. The van der Waals surface area contributed by atoms with Crippen LogP contribution in [0.5, 0.6) is 23.0 Å². The molecular weight excluding hydrogens is 648 g/mol. The lowest BCUT2D eigenvalue weighted by molar-refractivity contribution is 0.0300. The summed E-state index contributed by atoms with van der Waals surface area (Å²) in [6.45, 7) is 16.3. The smallest absolute Gasteiger partial charge is 0.258 e. The van der Waals surface area contributed by atoms with Crippen molar-refractivity contribution in [2.45, 2.75) is 52.4 Å². The van der Waals surface area contributed by atoms with Gasteiger partial charge in [-0.15, -0.1) is 0 Å². The quantitative estimate of drug-likeness (QED) is 0.182. The van der Waals surface area contributed by atoms with Gasteiger partial charge in [0.2, 0.25) is 0 Å². The second-order valence-corrected chi connectivity index (χ2v) is 18.6. The highest BCUT2D eigenvalue weighted by Crippen LogP contribution is 2.44. The monoisotopic (exact) mass is 694 g/mol. The predicted molar refractivity (Wildman–Crippen MR) is 186 cm³/mol. The molecule has 264 valence electrons. The van der Waals surface area contributed by atoms with Gasteiger partial charge in [-0.05, 0) is 37.2 Å². The number of carbonyl (C=O) groups excluding carboxylic acids is 2. The number of rotatable bonds is 9. The van der Waals surface area contributed by atoms with Gasteiger partial charge in [0.25, 0.3) is 20.1 Å². The van der Waals surface area contributed by atoms with Gasteiger partial charge >= 0.3 is 0 Å². The highest BCUT2D eigenvalue weighted by Gasteiger charge is 2.40. The number of amides is 2. The second kappa shape index (κ2) is 13.6. The minimum absolute atomic E-state index is 0.0603. The van der Waals surface area contributed by atoms with Crippen molar-refractivity contribution < 1.29 is 46.5 Å². The van der Waals surface area contributed by atoms with Crippen molar-refractivity contribution in [3.8, 4) is 23.0 Å². The Morgan fingerprint density at radius 2 is 1.22 bits per heavy atom. The standard InChI is InChI=1S/C36H46N2O10Si/c1-22-32(34(39)37-9-13-43-14-10-37)23-17-29(27(41-5)19-25(23)46-22)45-21-31-33(35(40)38-11-15-44-16-12-38)24-18-30(28(42-6)20-26(24)47-31)48-49(7,8)36(2,3)4/h17-20H,9-16,21H2,1-8H3. The van der Waals surface area contributed by atoms with Crippen LogP contribution in [0.4, 0.5) is 0 Å². The molecule has 0 unspecified atom stereocenters. The fraction of sp³-hybridized carbons (Fsp3) is 0.500. The first kappa shape index (κ1) is 34.7. The van der Waals surface area contributed by atoms with Crippen LogP contribution in [0.15, 0.2) is 33.1 Å². The number of nitrogens with zero attached hydrogens (tertiary/aromatic N) is 2. The summed E-state index contributed by atoms with van der Waals surface area (Å²) < 4.78 is 47.8. The number of hydrogen-bond acceptors (Lipinski definition) is 10. The summed E-state index contributed by atoms with van der Waals surface area (Å²) >= 11 is 0. The van der Waals surface area contributed by atoms with E-state index in [1.54, 1.807) is 42.0 Å². The van der Waals surface area contributed by atoms with Gasteiger partial charge in [-0.3, -0.25) is 9.59 Å². The highest BCUT2D eigenvalue weighted by molar-refractivity contribution is 6.74. The van der Waals surface area contributed by atoms with E-state index in [1.165, 1.54) is 7.11 Å². The maximum absolute atomic E-state index is 14.2. The Morgan fingerprint density at radius 3 is 1.78 bits per heavy atom. The number of aryl methyl sites for hydroxylation is 1. The second-order valence-electron chi connectivity index (χ2n) is 13.9. The first-order valence-corrected chi connectivity index (χ1v) is 19.5. The van der Waals surface area contributed by atoms with Crippen molar-refractivity contribution in [1.29, 1.82) is 0 Å². The lowest BCUT2D eigenvalue weighted by atomic mass is 10.1.